The fraction of sp³-hybridized carbons (Fsp3) is 0.321. The van der Waals surface area contributed by atoms with Gasteiger partial charge in [-0.2, -0.15) is 0 Å². The number of amides is 1. The maximum Gasteiger partial charge on any atom is 0.331 e. The molecular weight excluding hydrogens is 492 g/mol. The number of nitrogens with one attached hydrogen (secondary N) is 1. The van der Waals surface area contributed by atoms with E-state index in [4.69, 9.17) is 23.7 Å². The fourth-order valence-electron chi connectivity index (χ4n) is 3.81. The van der Waals surface area contributed by atoms with E-state index < -0.39 is 35.9 Å². The van der Waals surface area contributed by atoms with Gasteiger partial charge in [0.15, 0.2) is 23.2 Å². The molecule has 3 unspecified atom stereocenters. The van der Waals surface area contributed by atoms with E-state index in [1.165, 1.54) is 19.4 Å². The molecule has 2 N–H and O–H groups in total. The highest BCUT2D eigenvalue weighted by Gasteiger charge is 2.32. The van der Waals surface area contributed by atoms with Crippen molar-refractivity contribution in [3.05, 3.63) is 89.7 Å². The summed E-state index contributed by atoms with van der Waals surface area (Å²) in [6, 6.07) is 19.5. The van der Waals surface area contributed by atoms with Crippen LogP contribution in [0.15, 0.2) is 72.9 Å². The summed E-state index contributed by atoms with van der Waals surface area (Å²) in [6.07, 6.45) is 0.140. The number of rotatable bonds is 9. The molecule has 1 saturated heterocycles. The highest BCUT2D eigenvalue weighted by atomic mass is 16.6. The van der Waals surface area contributed by atoms with Gasteiger partial charge < -0.3 is 34.1 Å². The average Bonchev–Trinajstić information content (AvgIpc) is 3.01. The molecule has 0 bridgehead atoms. The summed E-state index contributed by atoms with van der Waals surface area (Å²) in [5.74, 6) is -1.85. The summed E-state index contributed by atoms with van der Waals surface area (Å²) in [5, 5.41) is 12.8. The highest BCUT2D eigenvalue weighted by molar-refractivity contribution is 5.98. The van der Waals surface area contributed by atoms with Crippen molar-refractivity contribution in [2.75, 3.05) is 26.9 Å². The summed E-state index contributed by atoms with van der Waals surface area (Å²) in [6.45, 7) is 0.414. The Bertz CT molecular complexity index is 1190. The zero-order valence-electron chi connectivity index (χ0n) is 20.9. The van der Waals surface area contributed by atoms with Crippen LogP contribution in [0.5, 0.6) is 11.5 Å². The predicted molar refractivity (Wildman–Crippen MR) is 136 cm³/mol. The van der Waals surface area contributed by atoms with E-state index >= 15 is 0 Å². The Labute approximate surface area is 220 Å². The molecule has 1 aliphatic heterocycles. The van der Waals surface area contributed by atoms with Gasteiger partial charge in [0.1, 0.15) is 18.8 Å². The number of methoxy groups -OCH3 is 1. The Balaban J connectivity index is 1.45. The second-order valence-electron chi connectivity index (χ2n) is 8.57. The van der Waals surface area contributed by atoms with Crippen molar-refractivity contribution < 1.29 is 38.4 Å². The Morgan fingerprint density at radius 1 is 0.947 bits per heavy atom. The number of nitrogens with zero attached hydrogens (tertiary/aromatic N) is 1. The molecule has 2 heterocycles. The van der Waals surface area contributed by atoms with Gasteiger partial charge in [-0.25, -0.2) is 9.78 Å². The van der Waals surface area contributed by atoms with Crippen LogP contribution in [0.1, 0.15) is 21.6 Å². The van der Waals surface area contributed by atoms with Crippen LogP contribution >= 0.6 is 0 Å². The summed E-state index contributed by atoms with van der Waals surface area (Å²) >= 11 is 0. The van der Waals surface area contributed by atoms with E-state index in [2.05, 4.69) is 10.3 Å². The average molecular weight is 523 g/mol. The maximum atomic E-state index is 12.9. The summed E-state index contributed by atoms with van der Waals surface area (Å²) < 4.78 is 28.6. The normalized spacial score (nSPS) is 19.9. The molecule has 38 heavy (non-hydrogen) atoms. The van der Waals surface area contributed by atoms with Crippen molar-refractivity contribution in [1.82, 2.24) is 10.3 Å². The van der Waals surface area contributed by atoms with E-state index in [1.807, 2.05) is 60.7 Å². The molecule has 1 aliphatic rings. The van der Waals surface area contributed by atoms with E-state index in [0.29, 0.717) is 6.61 Å². The number of carbonyl (C=O) groups is 2. The van der Waals surface area contributed by atoms with Crippen LogP contribution in [-0.4, -0.2) is 67.1 Å². The third kappa shape index (κ3) is 7.28. The number of cyclic esters (lactones) is 1. The first-order valence-electron chi connectivity index (χ1n) is 12.1. The molecular formula is C28H30N2O8. The van der Waals surface area contributed by atoms with Crippen LogP contribution in [0, 0.1) is 0 Å². The molecule has 3 atom stereocenters. The molecule has 10 nitrogen and oxygen atoms in total. The van der Waals surface area contributed by atoms with E-state index in [1.54, 1.807) is 0 Å². The zero-order chi connectivity index (χ0) is 26.7. The summed E-state index contributed by atoms with van der Waals surface area (Å²) in [4.78, 5) is 29.5. The fourth-order valence-corrected chi connectivity index (χ4v) is 3.81. The van der Waals surface area contributed by atoms with Crippen LogP contribution in [0.3, 0.4) is 0 Å². The largest absolute Gasteiger partial charge is 0.503 e. The second kappa shape index (κ2) is 13.5. The number of pyridine rings is 1. The monoisotopic (exact) mass is 522 g/mol. The molecule has 1 aromatic heterocycles. The molecule has 4 rings (SSSR count). The van der Waals surface area contributed by atoms with Gasteiger partial charge in [-0.15, -0.1) is 0 Å². The van der Waals surface area contributed by atoms with E-state index in [9.17, 15) is 14.7 Å². The van der Waals surface area contributed by atoms with Crippen molar-refractivity contribution in [1.29, 1.82) is 0 Å². The predicted octanol–water partition coefficient (Wildman–Crippen LogP) is 2.64. The van der Waals surface area contributed by atoms with Crippen molar-refractivity contribution in [2.45, 2.75) is 31.5 Å². The van der Waals surface area contributed by atoms with Crippen molar-refractivity contribution >= 4 is 11.9 Å². The summed E-state index contributed by atoms with van der Waals surface area (Å²) in [7, 11) is 1.35. The van der Waals surface area contributed by atoms with Crippen LogP contribution < -0.4 is 10.1 Å². The molecule has 0 saturated carbocycles. The second-order valence-corrected chi connectivity index (χ2v) is 8.57. The third-order valence-corrected chi connectivity index (χ3v) is 5.90. The van der Waals surface area contributed by atoms with Crippen molar-refractivity contribution in [3.8, 4) is 11.5 Å². The Kier molecular flexibility index (Phi) is 9.63. The maximum absolute atomic E-state index is 12.9. The first kappa shape index (κ1) is 27.1. The standard InChI is InChI=1S/C28H30N2O8/c1-34-22-12-13-29-25(26(22)31)27(32)30-21-16-35-17-23(36-14-19-8-4-2-5-9-19)24(18-38-28(21)33)37-15-20-10-6-3-7-11-20/h2-13,21,23-24,31H,14-18H2,1H3,(H,30,32). The van der Waals surface area contributed by atoms with Crippen LogP contribution in [0.4, 0.5) is 0 Å². The zero-order valence-corrected chi connectivity index (χ0v) is 20.9. The van der Waals surface area contributed by atoms with Gasteiger partial charge in [-0.3, -0.25) is 4.79 Å². The minimum absolute atomic E-state index is 0.0789. The number of ether oxygens (including phenoxy) is 5. The Hall–Kier alpha value is -3.99. The minimum atomic E-state index is -1.14. The van der Waals surface area contributed by atoms with Gasteiger partial charge in [-0.05, 0) is 11.1 Å². The molecule has 1 amide bonds. The van der Waals surface area contributed by atoms with Gasteiger partial charge in [0.25, 0.3) is 5.91 Å². The smallest absolute Gasteiger partial charge is 0.331 e. The molecule has 1 fully saturated rings. The number of carbonyl (C=O) groups excluding carboxylic acids is 2. The molecule has 2 aromatic carbocycles. The number of hydrogen-bond acceptors (Lipinski definition) is 9. The van der Waals surface area contributed by atoms with Gasteiger partial charge in [0.05, 0.1) is 33.5 Å². The van der Waals surface area contributed by atoms with Gasteiger partial charge in [0, 0.05) is 12.3 Å². The van der Waals surface area contributed by atoms with E-state index in [-0.39, 0.29) is 37.9 Å². The lowest BCUT2D eigenvalue weighted by molar-refractivity contribution is -0.156. The molecule has 3 aromatic rings. The van der Waals surface area contributed by atoms with Crippen molar-refractivity contribution in [2.24, 2.45) is 0 Å². The summed E-state index contributed by atoms with van der Waals surface area (Å²) in [5.41, 5.74) is 1.64. The number of esters is 1. The quantitative estimate of drug-likeness (QED) is 0.408. The Morgan fingerprint density at radius 3 is 2.16 bits per heavy atom. The first-order valence-corrected chi connectivity index (χ1v) is 12.1. The van der Waals surface area contributed by atoms with Gasteiger partial charge in [0.2, 0.25) is 0 Å². The Morgan fingerprint density at radius 2 is 1.55 bits per heavy atom. The third-order valence-electron chi connectivity index (χ3n) is 5.90. The highest BCUT2D eigenvalue weighted by Crippen LogP contribution is 2.27. The lowest BCUT2D eigenvalue weighted by Crippen LogP contribution is -2.45. The molecule has 10 heteroatoms. The molecule has 0 radical (unpaired) electrons. The van der Waals surface area contributed by atoms with Crippen LogP contribution in [0.2, 0.25) is 0 Å². The molecule has 0 aliphatic carbocycles. The van der Waals surface area contributed by atoms with Crippen LogP contribution in [0.25, 0.3) is 0 Å². The van der Waals surface area contributed by atoms with E-state index in [0.717, 1.165) is 11.1 Å². The number of benzene rings is 2. The molecule has 0 spiro atoms. The number of aromatic nitrogens is 1. The molecule has 200 valence electrons. The number of hydrogen-bond donors (Lipinski definition) is 2. The van der Waals surface area contributed by atoms with Crippen molar-refractivity contribution in [3.63, 3.8) is 0 Å². The topological polar surface area (TPSA) is 125 Å². The number of aromatic hydroxyl groups is 1. The SMILES string of the molecule is COc1ccnc(C(=O)NC2COCC(OCc3ccccc3)C(OCc3ccccc3)COC2=O)c1O. The van der Waals surface area contributed by atoms with Crippen LogP contribution in [-0.2, 0) is 37.0 Å². The lowest BCUT2D eigenvalue weighted by Gasteiger charge is -2.26. The first-order chi connectivity index (χ1) is 18.5. The lowest BCUT2D eigenvalue weighted by atomic mass is 10.2. The van der Waals surface area contributed by atoms with Gasteiger partial charge >= 0.3 is 5.97 Å². The minimum Gasteiger partial charge on any atom is -0.503 e. The van der Waals surface area contributed by atoms with Gasteiger partial charge in [-0.1, -0.05) is 60.7 Å².